The summed E-state index contributed by atoms with van der Waals surface area (Å²) in [6, 6.07) is 0.777. The van der Waals surface area contributed by atoms with Gasteiger partial charge < -0.3 is 5.73 Å². The van der Waals surface area contributed by atoms with E-state index >= 15 is 0 Å². The summed E-state index contributed by atoms with van der Waals surface area (Å²) in [5.41, 5.74) is 6.62. The highest BCUT2D eigenvalue weighted by molar-refractivity contribution is 4.94. The second-order valence-electron chi connectivity index (χ2n) is 6.91. The van der Waals surface area contributed by atoms with Crippen LogP contribution in [0.15, 0.2) is 0 Å². The van der Waals surface area contributed by atoms with Crippen molar-refractivity contribution in [3.63, 3.8) is 0 Å². The maximum absolute atomic E-state index is 6.01. The van der Waals surface area contributed by atoms with Gasteiger partial charge in [0.05, 0.1) is 0 Å². The van der Waals surface area contributed by atoms with Crippen LogP contribution in [0.5, 0.6) is 0 Å². The number of likely N-dealkylation sites (tertiary alicyclic amines) is 1. The van der Waals surface area contributed by atoms with Gasteiger partial charge in [-0.05, 0) is 62.4 Å². The quantitative estimate of drug-likeness (QED) is 0.832. The Hall–Kier alpha value is -0.0800. The third-order valence-corrected chi connectivity index (χ3v) is 5.96. The first-order valence-electron chi connectivity index (χ1n) is 8.08. The lowest BCUT2D eigenvalue weighted by molar-refractivity contribution is 0.0930. The minimum atomic E-state index is 0.611. The van der Waals surface area contributed by atoms with E-state index in [1.165, 1.54) is 51.6 Å². The normalized spacial score (nSPS) is 37.0. The number of nitrogens with zero attached hydrogens (tertiary/aromatic N) is 1. The average Bonchev–Trinajstić information content (AvgIpc) is 2.83. The number of hydrogen-bond acceptors (Lipinski definition) is 2. The van der Waals surface area contributed by atoms with Crippen LogP contribution >= 0.6 is 0 Å². The predicted octanol–water partition coefficient (Wildman–Crippen LogP) is 3.26. The van der Waals surface area contributed by atoms with Crippen molar-refractivity contribution in [1.29, 1.82) is 0 Å². The zero-order valence-corrected chi connectivity index (χ0v) is 12.6. The zero-order valence-electron chi connectivity index (χ0n) is 12.6. The van der Waals surface area contributed by atoms with E-state index in [9.17, 15) is 0 Å². The van der Waals surface area contributed by atoms with Crippen LogP contribution in [0.25, 0.3) is 0 Å². The molecule has 2 aliphatic rings. The highest BCUT2D eigenvalue weighted by atomic mass is 15.2. The molecule has 3 atom stereocenters. The predicted molar refractivity (Wildman–Crippen MR) is 78.6 cm³/mol. The van der Waals surface area contributed by atoms with Gasteiger partial charge in [0, 0.05) is 12.6 Å². The van der Waals surface area contributed by atoms with E-state index in [0.717, 1.165) is 24.4 Å². The fraction of sp³-hybridized carbons (Fsp3) is 1.00. The Bertz CT molecular complexity index is 260. The Balaban J connectivity index is 2.02. The summed E-state index contributed by atoms with van der Waals surface area (Å²) in [6.07, 6.45) is 8.21. The molecule has 1 saturated carbocycles. The summed E-state index contributed by atoms with van der Waals surface area (Å²) in [4.78, 5) is 2.79. The topological polar surface area (TPSA) is 29.3 Å². The summed E-state index contributed by atoms with van der Waals surface area (Å²) >= 11 is 0. The van der Waals surface area contributed by atoms with Crippen LogP contribution in [0.2, 0.25) is 0 Å². The lowest BCUT2D eigenvalue weighted by Gasteiger charge is -2.41. The smallest absolute Gasteiger partial charge is 0.0138 e. The maximum atomic E-state index is 6.01. The van der Waals surface area contributed by atoms with Crippen LogP contribution in [0, 0.1) is 17.3 Å². The second kappa shape index (κ2) is 5.92. The third kappa shape index (κ3) is 2.75. The van der Waals surface area contributed by atoms with Gasteiger partial charge in [0.2, 0.25) is 0 Å². The SMILES string of the molecule is CCC1(CC)CCN(C2CC(C)CCC2CN)C1. The molecule has 106 valence electrons. The molecule has 0 radical (unpaired) electrons. The lowest BCUT2D eigenvalue weighted by Crippen LogP contribution is -2.46. The molecule has 2 rings (SSSR count). The van der Waals surface area contributed by atoms with Crippen molar-refractivity contribution in [2.24, 2.45) is 23.0 Å². The van der Waals surface area contributed by atoms with Crippen LogP contribution in [0.1, 0.15) is 59.3 Å². The molecular weight excluding hydrogens is 220 g/mol. The Morgan fingerprint density at radius 1 is 1.22 bits per heavy atom. The molecule has 2 fully saturated rings. The molecule has 0 spiro atoms. The van der Waals surface area contributed by atoms with Gasteiger partial charge in [-0.3, -0.25) is 4.90 Å². The van der Waals surface area contributed by atoms with Gasteiger partial charge in [-0.2, -0.15) is 0 Å². The van der Waals surface area contributed by atoms with E-state index in [0.29, 0.717) is 5.41 Å². The van der Waals surface area contributed by atoms with Crippen LogP contribution in [0.3, 0.4) is 0 Å². The van der Waals surface area contributed by atoms with Crippen molar-refractivity contribution in [2.75, 3.05) is 19.6 Å². The molecule has 0 aromatic heterocycles. The van der Waals surface area contributed by atoms with Crippen molar-refractivity contribution in [1.82, 2.24) is 4.90 Å². The minimum absolute atomic E-state index is 0.611. The first-order chi connectivity index (χ1) is 8.64. The number of nitrogens with two attached hydrogens (primary N) is 1. The lowest BCUT2D eigenvalue weighted by atomic mass is 9.78. The molecule has 0 aromatic carbocycles. The fourth-order valence-electron chi connectivity index (χ4n) is 4.22. The molecule has 0 aromatic rings. The standard InChI is InChI=1S/C16H32N2/c1-4-16(5-2)8-9-18(12-16)15-10-13(3)6-7-14(15)11-17/h13-15H,4-12,17H2,1-3H3. The van der Waals surface area contributed by atoms with Crippen molar-refractivity contribution in [3.05, 3.63) is 0 Å². The van der Waals surface area contributed by atoms with E-state index in [1.807, 2.05) is 0 Å². The molecule has 0 amide bonds. The van der Waals surface area contributed by atoms with Crippen LogP contribution < -0.4 is 5.73 Å². The third-order valence-electron chi connectivity index (χ3n) is 5.96. The molecule has 1 heterocycles. The molecule has 2 nitrogen and oxygen atoms in total. The van der Waals surface area contributed by atoms with E-state index < -0.39 is 0 Å². The number of rotatable bonds is 4. The number of hydrogen-bond donors (Lipinski definition) is 1. The molecule has 2 heteroatoms. The average molecular weight is 252 g/mol. The van der Waals surface area contributed by atoms with Crippen LogP contribution in [0.4, 0.5) is 0 Å². The Labute approximate surface area is 113 Å². The monoisotopic (exact) mass is 252 g/mol. The van der Waals surface area contributed by atoms with Crippen molar-refractivity contribution >= 4 is 0 Å². The van der Waals surface area contributed by atoms with Gasteiger partial charge in [-0.1, -0.05) is 27.2 Å². The molecule has 18 heavy (non-hydrogen) atoms. The van der Waals surface area contributed by atoms with E-state index in [2.05, 4.69) is 25.7 Å². The van der Waals surface area contributed by atoms with Gasteiger partial charge in [-0.15, -0.1) is 0 Å². The van der Waals surface area contributed by atoms with Gasteiger partial charge >= 0.3 is 0 Å². The van der Waals surface area contributed by atoms with E-state index in [4.69, 9.17) is 5.73 Å². The Morgan fingerprint density at radius 2 is 1.94 bits per heavy atom. The first kappa shape index (κ1) is 14.3. The minimum Gasteiger partial charge on any atom is -0.330 e. The molecule has 2 N–H and O–H groups in total. The first-order valence-corrected chi connectivity index (χ1v) is 8.08. The van der Waals surface area contributed by atoms with Gasteiger partial charge in [0.15, 0.2) is 0 Å². The molecule has 0 bridgehead atoms. The highest BCUT2D eigenvalue weighted by Crippen LogP contribution is 2.41. The molecule has 1 saturated heterocycles. The molecule has 1 aliphatic heterocycles. The fourth-order valence-corrected chi connectivity index (χ4v) is 4.22. The second-order valence-corrected chi connectivity index (χ2v) is 6.91. The van der Waals surface area contributed by atoms with Gasteiger partial charge in [0.1, 0.15) is 0 Å². The van der Waals surface area contributed by atoms with Crippen LogP contribution in [-0.4, -0.2) is 30.6 Å². The summed E-state index contributed by atoms with van der Waals surface area (Å²) in [6.45, 7) is 10.7. The largest absolute Gasteiger partial charge is 0.330 e. The molecule has 3 unspecified atom stereocenters. The van der Waals surface area contributed by atoms with Crippen molar-refractivity contribution in [3.8, 4) is 0 Å². The summed E-state index contributed by atoms with van der Waals surface area (Å²) < 4.78 is 0. The summed E-state index contributed by atoms with van der Waals surface area (Å²) in [5.74, 6) is 1.65. The summed E-state index contributed by atoms with van der Waals surface area (Å²) in [7, 11) is 0. The highest BCUT2D eigenvalue weighted by Gasteiger charge is 2.41. The van der Waals surface area contributed by atoms with Gasteiger partial charge in [0.25, 0.3) is 0 Å². The molecular formula is C16H32N2. The van der Waals surface area contributed by atoms with Crippen molar-refractivity contribution < 1.29 is 0 Å². The van der Waals surface area contributed by atoms with E-state index in [1.54, 1.807) is 0 Å². The Morgan fingerprint density at radius 3 is 2.50 bits per heavy atom. The van der Waals surface area contributed by atoms with E-state index in [-0.39, 0.29) is 0 Å². The molecule has 1 aliphatic carbocycles. The van der Waals surface area contributed by atoms with Crippen LogP contribution in [-0.2, 0) is 0 Å². The zero-order chi connectivity index (χ0) is 13.2. The summed E-state index contributed by atoms with van der Waals surface area (Å²) in [5, 5.41) is 0. The van der Waals surface area contributed by atoms with Crippen molar-refractivity contribution in [2.45, 2.75) is 65.3 Å². The Kier molecular flexibility index (Phi) is 4.71. The maximum Gasteiger partial charge on any atom is 0.0138 e. The van der Waals surface area contributed by atoms with Gasteiger partial charge in [-0.25, -0.2) is 0 Å².